The molecule has 0 heterocycles. The van der Waals surface area contributed by atoms with Crippen molar-refractivity contribution in [3.63, 3.8) is 0 Å². The number of hydrogen-bond acceptors (Lipinski definition) is 2. The maximum atomic E-state index is 11.9. The summed E-state index contributed by atoms with van der Waals surface area (Å²) in [6.45, 7) is 0.689. The first-order valence-corrected chi connectivity index (χ1v) is 10.3. The van der Waals surface area contributed by atoms with Gasteiger partial charge in [0.25, 0.3) is 0 Å². The van der Waals surface area contributed by atoms with Crippen LogP contribution in [0.5, 0.6) is 0 Å². The Morgan fingerprint density at radius 2 is 1.07 bits per heavy atom. The first-order valence-electron chi connectivity index (χ1n) is 8.76. The van der Waals surface area contributed by atoms with Crippen molar-refractivity contribution in [3.05, 3.63) is 67.6 Å². The Kier molecular flexibility index (Phi) is 9.39. The zero-order valence-corrected chi connectivity index (χ0v) is 18.1. The van der Waals surface area contributed by atoms with E-state index in [2.05, 4.69) is 10.6 Å². The first-order chi connectivity index (χ1) is 13.3. The van der Waals surface area contributed by atoms with Crippen molar-refractivity contribution >= 4 is 58.2 Å². The van der Waals surface area contributed by atoms with E-state index in [9.17, 15) is 9.59 Å². The van der Waals surface area contributed by atoms with Crippen LogP contribution in [0.3, 0.4) is 0 Å². The van der Waals surface area contributed by atoms with Gasteiger partial charge in [-0.3, -0.25) is 9.59 Å². The van der Waals surface area contributed by atoms with Crippen molar-refractivity contribution in [2.45, 2.75) is 38.8 Å². The Labute approximate surface area is 184 Å². The van der Waals surface area contributed by atoms with Crippen LogP contribution in [-0.2, 0) is 22.7 Å². The van der Waals surface area contributed by atoms with Gasteiger partial charge in [-0.2, -0.15) is 0 Å². The second-order valence-corrected chi connectivity index (χ2v) is 7.92. The largest absolute Gasteiger partial charge is 0.352 e. The van der Waals surface area contributed by atoms with Crippen LogP contribution in [0.15, 0.2) is 36.4 Å². The fourth-order valence-electron chi connectivity index (χ4n) is 2.47. The average molecular weight is 462 g/mol. The van der Waals surface area contributed by atoms with Gasteiger partial charge < -0.3 is 10.6 Å². The summed E-state index contributed by atoms with van der Waals surface area (Å²) in [5.74, 6) is -0.168. The SMILES string of the molecule is O=C(CCCCC(=O)NCc1ccc(Cl)cc1Cl)NCc1ccc(Cl)cc1Cl. The molecule has 0 aliphatic rings. The molecule has 0 aliphatic heterocycles. The van der Waals surface area contributed by atoms with E-state index in [-0.39, 0.29) is 11.8 Å². The van der Waals surface area contributed by atoms with Gasteiger partial charge in [0, 0.05) is 46.0 Å². The quantitative estimate of drug-likeness (QED) is 0.464. The number of nitrogens with one attached hydrogen (secondary N) is 2. The summed E-state index contributed by atoms with van der Waals surface area (Å²) in [5.41, 5.74) is 1.61. The van der Waals surface area contributed by atoms with Crippen LogP contribution in [0.2, 0.25) is 20.1 Å². The Hall–Kier alpha value is -1.46. The number of amides is 2. The lowest BCUT2D eigenvalue weighted by Gasteiger charge is -2.08. The summed E-state index contributed by atoms with van der Waals surface area (Å²) in [6, 6.07) is 10.3. The maximum absolute atomic E-state index is 11.9. The average Bonchev–Trinajstić information content (AvgIpc) is 2.64. The van der Waals surface area contributed by atoms with Crippen molar-refractivity contribution in [3.8, 4) is 0 Å². The van der Waals surface area contributed by atoms with Crippen LogP contribution in [0.4, 0.5) is 0 Å². The predicted molar refractivity (Wildman–Crippen MR) is 115 cm³/mol. The molecule has 2 aromatic carbocycles. The van der Waals surface area contributed by atoms with E-state index >= 15 is 0 Å². The van der Waals surface area contributed by atoms with Gasteiger partial charge in [-0.25, -0.2) is 0 Å². The third-order valence-corrected chi connectivity index (χ3v) is 5.21. The molecule has 0 unspecified atom stereocenters. The maximum Gasteiger partial charge on any atom is 0.220 e. The number of benzene rings is 2. The molecule has 0 aromatic heterocycles. The number of rotatable bonds is 9. The Balaban J connectivity index is 1.61. The van der Waals surface area contributed by atoms with E-state index in [1.165, 1.54) is 0 Å². The van der Waals surface area contributed by atoms with E-state index in [0.717, 1.165) is 11.1 Å². The highest BCUT2D eigenvalue weighted by atomic mass is 35.5. The highest BCUT2D eigenvalue weighted by molar-refractivity contribution is 6.35. The number of carbonyl (C=O) groups is 2. The molecule has 0 spiro atoms. The molecule has 0 bridgehead atoms. The fourth-order valence-corrected chi connectivity index (χ4v) is 3.42. The van der Waals surface area contributed by atoms with Crippen LogP contribution in [-0.4, -0.2) is 11.8 Å². The molecule has 150 valence electrons. The smallest absolute Gasteiger partial charge is 0.220 e. The minimum absolute atomic E-state index is 0.0839. The van der Waals surface area contributed by atoms with Gasteiger partial charge in [-0.1, -0.05) is 58.5 Å². The molecule has 0 fully saturated rings. The Morgan fingerprint density at radius 1 is 0.679 bits per heavy atom. The molecule has 4 nitrogen and oxygen atoms in total. The van der Waals surface area contributed by atoms with Crippen molar-refractivity contribution < 1.29 is 9.59 Å². The Bertz CT molecular complexity index is 773. The molecule has 2 amide bonds. The standard InChI is InChI=1S/C20H20Cl4N2O2/c21-15-7-5-13(17(23)9-15)11-25-19(27)3-1-2-4-20(28)26-12-14-6-8-16(22)10-18(14)24/h5-10H,1-4,11-12H2,(H,25,27)(H,26,28). The van der Waals surface area contributed by atoms with Gasteiger partial charge >= 0.3 is 0 Å². The van der Waals surface area contributed by atoms with Gasteiger partial charge in [-0.15, -0.1) is 0 Å². The summed E-state index contributed by atoms with van der Waals surface area (Å²) in [7, 11) is 0. The van der Waals surface area contributed by atoms with Crippen molar-refractivity contribution in [1.82, 2.24) is 10.6 Å². The van der Waals surface area contributed by atoms with Crippen LogP contribution in [0.1, 0.15) is 36.8 Å². The minimum Gasteiger partial charge on any atom is -0.352 e. The fraction of sp³-hybridized carbons (Fsp3) is 0.300. The third-order valence-electron chi connectivity index (χ3n) is 4.04. The molecule has 0 saturated carbocycles. The molecule has 2 N–H and O–H groups in total. The van der Waals surface area contributed by atoms with Gasteiger partial charge in [0.1, 0.15) is 0 Å². The third kappa shape index (κ3) is 7.88. The monoisotopic (exact) mass is 460 g/mol. The molecule has 0 saturated heterocycles. The van der Waals surface area contributed by atoms with Crippen LogP contribution in [0.25, 0.3) is 0 Å². The molecule has 2 rings (SSSR count). The van der Waals surface area contributed by atoms with Crippen LogP contribution >= 0.6 is 46.4 Å². The molecule has 28 heavy (non-hydrogen) atoms. The van der Waals surface area contributed by atoms with E-state index in [1.807, 2.05) is 0 Å². The van der Waals surface area contributed by atoms with Gasteiger partial charge in [0.15, 0.2) is 0 Å². The van der Waals surface area contributed by atoms with E-state index in [1.54, 1.807) is 36.4 Å². The lowest BCUT2D eigenvalue weighted by molar-refractivity contribution is -0.123. The summed E-state index contributed by atoms with van der Waals surface area (Å²) in [4.78, 5) is 23.8. The van der Waals surface area contributed by atoms with Crippen LogP contribution < -0.4 is 10.6 Å². The second kappa shape index (κ2) is 11.5. The summed E-state index contributed by atoms with van der Waals surface area (Å²) in [5, 5.41) is 7.77. The number of carbonyl (C=O) groups excluding carboxylic acids is 2. The Morgan fingerprint density at radius 3 is 1.43 bits per heavy atom. The van der Waals surface area contributed by atoms with Crippen molar-refractivity contribution in [2.75, 3.05) is 0 Å². The number of hydrogen-bond donors (Lipinski definition) is 2. The van der Waals surface area contributed by atoms with Crippen molar-refractivity contribution in [1.29, 1.82) is 0 Å². The van der Waals surface area contributed by atoms with Crippen LogP contribution in [0, 0.1) is 0 Å². The topological polar surface area (TPSA) is 58.2 Å². The molecular formula is C20H20Cl4N2O2. The number of unbranched alkanes of at least 4 members (excludes halogenated alkanes) is 1. The van der Waals surface area contributed by atoms with Crippen molar-refractivity contribution in [2.24, 2.45) is 0 Å². The molecule has 2 aromatic rings. The lowest BCUT2D eigenvalue weighted by Crippen LogP contribution is -2.24. The van der Waals surface area contributed by atoms with Gasteiger partial charge in [0.05, 0.1) is 0 Å². The predicted octanol–water partition coefficient (Wildman–Crippen LogP) is 5.79. The highest BCUT2D eigenvalue weighted by Gasteiger charge is 2.07. The molecule has 0 aliphatic carbocycles. The second-order valence-electron chi connectivity index (χ2n) is 6.23. The first kappa shape index (κ1) is 22.8. The molecule has 0 radical (unpaired) electrons. The van der Waals surface area contributed by atoms with Gasteiger partial charge in [-0.05, 0) is 48.2 Å². The lowest BCUT2D eigenvalue weighted by atomic mass is 10.1. The molecule has 0 atom stereocenters. The zero-order chi connectivity index (χ0) is 20.5. The van der Waals surface area contributed by atoms with E-state index in [0.29, 0.717) is 58.9 Å². The zero-order valence-electron chi connectivity index (χ0n) is 15.0. The van der Waals surface area contributed by atoms with E-state index < -0.39 is 0 Å². The summed E-state index contributed by atoms with van der Waals surface area (Å²) < 4.78 is 0. The van der Waals surface area contributed by atoms with E-state index in [4.69, 9.17) is 46.4 Å². The molecular weight excluding hydrogens is 442 g/mol. The summed E-state index contributed by atoms with van der Waals surface area (Å²) in [6.07, 6.45) is 1.94. The summed E-state index contributed by atoms with van der Waals surface area (Å²) >= 11 is 23.8. The highest BCUT2D eigenvalue weighted by Crippen LogP contribution is 2.21. The molecule has 8 heteroatoms. The van der Waals surface area contributed by atoms with Gasteiger partial charge in [0.2, 0.25) is 11.8 Å². The normalized spacial score (nSPS) is 10.6. The minimum atomic E-state index is -0.0839. The number of halogens is 4.